The number of hydrogen-bond acceptors (Lipinski definition) is 4. The standard InChI is InChI=1S/C18H19N3O4S/c1-3-11-19-18(23)15-9-4-5-10-16(15)20-17(22)13-7-6-8-14(12-13)21-26(2,24)25/h3-10,12,21H,1,11H2,2H3,(H,19,23)(H,20,22). The molecule has 0 aromatic heterocycles. The molecular formula is C18H19N3O4S. The van der Waals surface area contributed by atoms with Gasteiger partial charge in [-0.3, -0.25) is 14.3 Å². The molecule has 0 bridgehead atoms. The predicted octanol–water partition coefficient (Wildman–Crippen LogP) is 2.23. The molecule has 26 heavy (non-hydrogen) atoms. The van der Waals surface area contributed by atoms with Crippen molar-refractivity contribution >= 4 is 33.2 Å². The first-order chi connectivity index (χ1) is 12.3. The molecule has 0 saturated carbocycles. The maximum absolute atomic E-state index is 12.5. The van der Waals surface area contributed by atoms with Crippen LogP contribution in [-0.2, 0) is 10.0 Å². The van der Waals surface area contributed by atoms with E-state index in [1.807, 2.05) is 0 Å². The van der Waals surface area contributed by atoms with Gasteiger partial charge in [0.25, 0.3) is 11.8 Å². The first-order valence-electron chi connectivity index (χ1n) is 7.67. The Morgan fingerprint density at radius 3 is 2.50 bits per heavy atom. The normalized spacial score (nSPS) is 10.7. The molecule has 0 heterocycles. The fourth-order valence-electron chi connectivity index (χ4n) is 2.18. The van der Waals surface area contributed by atoms with Crippen molar-refractivity contribution in [1.29, 1.82) is 0 Å². The van der Waals surface area contributed by atoms with Crippen LogP contribution in [0.4, 0.5) is 11.4 Å². The highest BCUT2D eigenvalue weighted by molar-refractivity contribution is 7.92. The fraction of sp³-hybridized carbons (Fsp3) is 0.111. The molecule has 0 aliphatic carbocycles. The number of benzene rings is 2. The summed E-state index contributed by atoms with van der Waals surface area (Å²) in [5.41, 5.74) is 1.19. The van der Waals surface area contributed by atoms with E-state index in [2.05, 4.69) is 21.9 Å². The lowest BCUT2D eigenvalue weighted by molar-refractivity contribution is 0.0959. The maximum atomic E-state index is 12.5. The van der Waals surface area contributed by atoms with E-state index >= 15 is 0 Å². The highest BCUT2D eigenvalue weighted by Gasteiger charge is 2.14. The van der Waals surface area contributed by atoms with E-state index in [9.17, 15) is 18.0 Å². The number of carbonyl (C=O) groups excluding carboxylic acids is 2. The minimum Gasteiger partial charge on any atom is -0.349 e. The van der Waals surface area contributed by atoms with Gasteiger partial charge in [-0.25, -0.2) is 8.42 Å². The molecule has 2 amide bonds. The lowest BCUT2D eigenvalue weighted by atomic mass is 10.1. The van der Waals surface area contributed by atoms with Crippen molar-refractivity contribution in [3.8, 4) is 0 Å². The number of nitrogens with one attached hydrogen (secondary N) is 3. The monoisotopic (exact) mass is 373 g/mol. The van der Waals surface area contributed by atoms with E-state index < -0.39 is 15.9 Å². The van der Waals surface area contributed by atoms with Crippen molar-refractivity contribution in [2.24, 2.45) is 0 Å². The summed E-state index contributed by atoms with van der Waals surface area (Å²) in [4.78, 5) is 24.7. The van der Waals surface area contributed by atoms with Gasteiger partial charge in [0.05, 0.1) is 17.5 Å². The highest BCUT2D eigenvalue weighted by atomic mass is 32.2. The Bertz CT molecular complexity index is 939. The SMILES string of the molecule is C=CCNC(=O)c1ccccc1NC(=O)c1cccc(NS(C)(=O)=O)c1. The van der Waals surface area contributed by atoms with E-state index in [1.54, 1.807) is 42.5 Å². The van der Waals surface area contributed by atoms with E-state index in [1.165, 1.54) is 12.1 Å². The second-order valence-electron chi connectivity index (χ2n) is 5.45. The molecule has 0 saturated heterocycles. The topological polar surface area (TPSA) is 104 Å². The zero-order chi connectivity index (χ0) is 19.2. The summed E-state index contributed by atoms with van der Waals surface area (Å²) in [6.45, 7) is 3.84. The second kappa shape index (κ2) is 8.30. The van der Waals surface area contributed by atoms with Crippen molar-refractivity contribution in [2.75, 3.05) is 22.8 Å². The molecule has 0 unspecified atom stereocenters. The average molecular weight is 373 g/mol. The Morgan fingerprint density at radius 2 is 1.81 bits per heavy atom. The van der Waals surface area contributed by atoms with Crippen molar-refractivity contribution in [3.05, 3.63) is 72.3 Å². The third kappa shape index (κ3) is 5.45. The summed E-state index contributed by atoms with van der Waals surface area (Å²) in [7, 11) is -3.45. The van der Waals surface area contributed by atoms with E-state index in [4.69, 9.17) is 0 Å². The Kier molecular flexibility index (Phi) is 6.13. The van der Waals surface area contributed by atoms with Crippen LogP contribution >= 0.6 is 0 Å². The van der Waals surface area contributed by atoms with Gasteiger partial charge >= 0.3 is 0 Å². The molecule has 0 spiro atoms. The van der Waals surface area contributed by atoms with Crippen LogP contribution in [0.25, 0.3) is 0 Å². The van der Waals surface area contributed by atoms with Crippen LogP contribution in [0.5, 0.6) is 0 Å². The zero-order valence-electron chi connectivity index (χ0n) is 14.2. The molecule has 0 aliphatic rings. The lowest BCUT2D eigenvalue weighted by Crippen LogP contribution is -2.25. The molecule has 2 rings (SSSR count). The number of anilines is 2. The smallest absolute Gasteiger partial charge is 0.255 e. The number of para-hydroxylation sites is 1. The third-order valence-corrected chi connectivity index (χ3v) is 3.86. The summed E-state index contributed by atoms with van der Waals surface area (Å²) in [6.07, 6.45) is 2.58. The van der Waals surface area contributed by atoms with Crippen LogP contribution in [0.1, 0.15) is 20.7 Å². The first kappa shape index (κ1) is 19.2. The van der Waals surface area contributed by atoms with Crippen molar-refractivity contribution < 1.29 is 18.0 Å². The van der Waals surface area contributed by atoms with Gasteiger partial charge in [0.15, 0.2) is 0 Å². The molecular weight excluding hydrogens is 354 g/mol. The molecule has 0 aliphatic heterocycles. The first-order valence-corrected chi connectivity index (χ1v) is 9.56. The fourth-order valence-corrected chi connectivity index (χ4v) is 2.74. The zero-order valence-corrected chi connectivity index (χ0v) is 15.0. The highest BCUT2D eigenvalue weighted by Crippen LogP contribution is 2.18. The van der Waals surface area contributed by atoms with Gasteiger partial charge in [0.2, 0.25) is 10.0 Å². The second-order valence-corrected chi connectivity index (χ2v) is 7.20. The van der Waals surface area contributed by atoms with E-state index in [0.29, 0.717) is 17.8 Å². The van der Waals surface area contributed by atoms with Crippen molar-refractivity contribution in [2.45, 2.75) is 0 Å². The van der Waals surface area contributed by atoms with E-state index in [0.717, 1.165) is 6.26 Å². The predicted molar refractivity (Wildman–Crippen MR) is 102 cm³/mol. The van der Waals surface area contributed by atoms with E-state index in [-0.39, 0.29) is 17.2 Å². The van der Waals surface area contributed by atoms with Gasteiger partial charge in [-0.2, -0.15) is 0 Å². The molecule has 0 radical (unpaired) electrons. The molecule has 136 valence electrons. The number of hydrogen-bond donors (Lipinski definition) is 3. The quantitative estimate of drug-likeness (QED) is 0.647. The van der Waals surface area contributed by atoms with Gasteiger partial charge in [0, 0.05) is 17.8 Å². The largest absolute Gasteiger partial charge is 0.349 e. The van der Waals surface area contributed by atoms with Gasteiger partial charge in [-0.05, 0) is 30.3 Å². The number of amides is 2. The molecule has 0 fully saturated rings. The Labute approximate surface area is 152 Å². The van der Waals surface area contributed by atoms with Crippen molar-refractivity contribution in [3.63, 3.8) is 0 Å². The summed E-state index contributed by atoms with van der Waals surface area (Å²) < 4.78 is 24.9. The van der Waals surface area contributed by atoms with Crippen LogP contribution in [0.3, 0.4) is 0 Å². The Balaban J connectivity index is 2.22. The Morgan fingerprint density at radius 1 is 1.08 bits per heavy atom. The third-order valence-electron chi connectivity index (χ3n) is 3.25. The number of rotatable bonds is 7. The van der Waals surface area contributed by atoms with Crippen LogP contribution in [0.2, 0.25) is 0 Å². The van der Waals surface area contributed by atoms with Gasteiger partial charge in [0.1, 0.15) is 0 Å². The lowest BCUT2D eigenvalue weighted by Gasteiger charge is -2.11. The molecule has 2 aromatic rings. The Hall–Kier alpha value is -3.13. The van der Waals surface area contributed by atoms with Crippen LogP contribution in [0.15, 0.2) is 61.2 Å². The maximum Gasteiger partial charge on any atom is 0.255 e. The van der Waals surface area contributed by atoms with Crippen LogP contribution in [-0.4, -0.2) is 33.0 Å². The minimum absolute atomic E-state index is 0.250. The molecule has 3 N–H and O–H groups in total. The summed E-state index contributed by atoms with van der Waals surface area (Å²) in [5.74, 6) is -0.806. The van der Waals surface area contributed by atoms with Gasteiger partial charge < -0.3 is 10.6 Å². The molecule has 0 atom stereocenters. The molecule has 7 nitrogen and oxygen atoms in total. The molecule has 2 aromatic carbocycles. The number of carbonyl (C=O) groups is 2. The average Bonchev–Trinajstić information content (AvgIpc) is 2.59. The van der Waals surface area contributed by atoms with Crippen LogP contribution < -0.4 is 15.4 Å². The number of sulfonamides is 1. The van der Waals surface area contributed by atoms with Crippen molar-refractivity contribution in [1.82, 2.24) is 5.32 Å². The van der Waals surface area contributed by atoms with Gasteiger partial charge in [-0.15, -0.1) is 6.58 Å². The van der Waals surface area contributed by atoms with Gasteiger partial charge in [-0.1, -0.05) is 24.3 Å². The summed E-state index contributed by atoms with van der Waals surface area (Å²) in [6, 6.07) is 12.6. The summed E-state index contributed by atoms with van der Waals surface area (Å²) in [5, 5.41) is 5.32. The minimum atomic E-state index is -3.45. The summed E-state index contributed by atoms with van der Waals surface area (Å²) >= 11 is 0. The van der Waals surface area contributed by atoms with Crippen LogP contribution in [0, 0.1) is 0 Å². The molecule has 8 heteroatoms.